The van der Waals surface area contributed by atoms with Gasteiger partial charge in [0.2, 0.25) is 10.0 Å². The van der Waals surface area contributed by atoms with Crippen LogP contribution in [0.4, 0.5) is 0 Å². The lowest BCUT2D eigenvalue weighted by Crippen LogP contribution is -2.19. The molecule has 6 nitrogen and oxygen atoms in total. The number of esters is 1. The van der Waals surface area contributed by atoms with E-state index in [1.807, 2.05) is 0 Å². The summed E-state index contributed by atoms with van der Waals surface area (Å²) in [5.41, 5.74) is 0. The standard InChI is InChI=1S/C17H23NO5S/c18-24(20,21)16-5-3-15(4-6-16)22-7-8-23-17(19)11-14-10-12-1-2-13(14)9-12/h3-6,12-14H,1-2,7-11H2,(H2,18,20,21)/t12-,13+,14-/m0/s1. The number of nitrogens with two attached hydrogens (primary N) is 1. The van der Waals surface area contributed by atoms with Gasteiger partial charge in [0.05, 0.1) is 4.90 Å². The molecule has 0 saturated heterocycles. The van der Waals surface area contributed by atoms with Crippen molar-refractivity contribution < 1.29 is 22.7 Å². The minimum Gasteiger partial charge on any atom is -0.490 e. The third-order valence-electron chi connectivity index (χ3n) is 5.08. The van der Waals surface area contributed by atoms with Gasteiger partial charge >= 0.3 is 5.97 Å². The summed E-state index contributed by atoms with van der Waals surface area (Å²) in [5, 5.41) is 5.03. The first-order valence-electron chi connectivity index (χ1n) is 8.33. The molecule has 2 fully saturated rings. The zero-order valence-electron chi connectivity index (χ0n) is 13.5. The van der Waals surface area contributed by atoms with E-state index in [2.05, 4.69) is 0 Å². The Morgan fingerprint density at radius 1 is 1.12 bits per heavy atom. The first-order chi connectivity index (χ1) is 11.4. The highest BCUT2D eigenvalue weighted by Crippen LogP contribution is 2.49. The first-order valence-corrected chi connectivity index (χ1v) is 9.88. The van der Waals surface area contributed by atoms with Crippen LogP contribution in [0, 0.1) is 17.8 Å². The predicted octanol–water partition coefficient (Wildman–Crippen LogP) is 2.08. The molecule has 0 amide bonds. The predicted molar refractivity (Wildman–Crippen MR) is 87.8 cm³/mol. The second kappa shape index (κ2) is 7.11. The fourth-order valence-electron chi connectivity index (χ4n) is 3.94. The number of hydrogen-bond donors (Lipinski definition) is 1. The molecule has 3 rings (SSSR count). The smallest absolute Gasteiger partial charge is 0.306 e. The maximum atomic E-state index is 11.9. The summed E-state index contributed by atoms with van der Waals surface area (Å²) < 4.78 is 33.0. The van der Waals surface area contributed by atoms with Gasteiger partial charge in [-0.3, -0.25) is 4.79 Å². The first kappa shape index (κ1) is 17.2. The van der Waals surface area contributed by atoms with E-state index in [-0.39, 0.29) is 24.1 Å². The molecule has 7 heteroatoms. The number of fused-ring (bicyclic) bond motifs is 2. The SMILES string of the molecule is NS(=O)(=O)c1ccc(OCCOC(=O)C[C@@H]2C[C@H]3CC[C@@H]2C3)cc1. The van der Waals surface area contributed by atoms with Crippen molar-refractivity contribution in [2.24, 2.45) is 22.9 Å². The van der Waals surface area contributed by atoms with Gasteiger partial charge in [0.25, 0.3) is 0 Å². The van der Waals surface area contributed by atoms with Crippen LogP contribution in [-0.2, 0) is 19.6 Å². The van der Waals surface area contributed by atoms with E-state index in [1.54, 1.807) is 0 Å². The van der Waals surface area contributed by atoms with E-state index >= 15 is 0 Å². The Morgan fingerprint density at radius 3 is 2.46 bits per heavy atom. The highest BCUT2D eigenvalue weighted by atomic mass is 32.2. The molecule has 0 aliphatic heterocycles. The van der Waals surface area contributed by atoms with E-state index in [0.29, 0.717) is 18.1 Å². The number of carbonyl (C=O) groups is 1. The molecule has 1 aromatic carbocycles. The average Bonchev–Trinajstić information content (AvgIpc) is 3.14. The number of carbonyl (C=O) groups excluding carboxylic acids is 1. The van der Waals surface area contributed by atoms with Gasteiger partial charge in [-0.05, 0) is 61.3 Å². The summed E-state index contributed by atoms with van der Waals surface area (Å²) in [6.07, 6.45) is 5.57. The fraction of sp³-hybridized carbons (Fsp3) is 0.588. The minimum absolute atomic E-state index is 0.0344. The summed E-state index contributed by atoms with van der Waals surface area (Å²) in [6, 6.07) is 5.81. The van der Waals surface area contributed by atoms with Gasteiger partial charge in [-0.2, -0.15) is 0 Å². The van der Waals surface area contributed by atoms with Crippen LogP contribution in [0.1, 0.15) is 32.1 Å². The number of rotatable bonds is 7. The Balaban J connectivity index is 1.35. The molecule has 2 aliphatic rings. The van der Waals surface area contributed by atoms with Crippen molar-refractivity contribution >= 4 is 16.0 Å². The Morgan fingerprint density at radius 2 is 1.88 bits per heavy atom. The van der Waals surface area contributed by atoms with Crippen molar-refractivity contribution in [2.75, 3.05) is 13.2 Å². The van der Waals surface area contributed by atoms with Gasteiger partial charge in [0, 0.05) is 6.42 Å². The van der Waals surface area contributed by atoms with Gasteiger partial charge < -0.3 is 9.47 Å². The van der Waals surface area contributed by atoms with E-state index in [4.69, 9.17) is 14.6 Å². The van der Waals surface area contributed by atoms with Gasteiger partial charge in [0.1, 0.15) is 19.0 Å². The minimum atomic E-state index is -3.70. The van der Waals surface area contributed by atoms with Gasteiger partial charge in [-0.15, -0.1) is 0 Å². The molecule has 0 heterocycles. The van der Waals surface area contributed by atoms with Crippen LogP contribution in [0.3, 0.4) is 0 Å². The van der Waals surface area contributed by atoms with Crippen LogP contribution in [0.2, 0.25) is 0 Å². The van der Waals surface area contributed by atoms with Crippen molar-refractivity contribution in [3.05, 3.63) is 24.3 Å². The summed E-state index contributed by atoms with van der Waals surface area (Å²) >= 11 is 0. The van der Waals surface area contributed by atoms with Crippen molar-refractivity contribution in [3.63, 3.8) is 0 Å². The molecule has 0 radical (unpaired) electrons. The van der Waals surface area contributed by atoms with E-state index < -0.39 is 10.0 Å². The molecule has 0 spiro atoms. The van der Waals surface area contributed by atoms with Crippen LogP contribution >= 0.6 is 0 Å². The molecule has 2 bridgehead atoms. The second-order valence-electron chi connectivity index (χ2n) is 6.72. The highest BCUT2D eigenvalue weighted by Gasteiger charge is 2.40. The quantitative estimate of drug-likeness (QED) is 0.598. The lowest BCUT2D eigenvalue weighted by Gasteiger charge is -2.20. The van der Waals surface area contributed by atoms with Crippen LogP contribution < -0.4 is 9.88 Å². The number of benzene rings is 1. The van der Waals surface area contributed by atoms with Gasteiger partial charge in [-0.1, -0.05) is 6.42 Å². The van der Waals surface area contributed by atoms with E-state index in [0.717, 1.165) is 11.8 Å². The van der Waals surface area contributed by atoms with Gasteiger partial charge in [-0.25, -0.2) is 13.6 Å². The largest absolute Gasteiger partial charge is 0.490 e. The Hall–Kier alpha value is -1.60. The Labute approximate surface area is 142 Å². The summed E-state index contributed by atoms with van der Waals surface area (Å²) in [7, 11) is -3.70. The van der Waals surface area contributed by atoms with Gasteiger partial charge in [0.15, 0.2) is 0 Å². The molecule has 132 valence electrons. The van der Waals surface area contributed by atoms with Crippen molar-refractivity contribution in [1.82, 2.24) is 0 Å². The molecule has 0 unspecified atom stereocenters. The number of hydrogen-bond acceptors (Lipinski definition) is 5. The second-order valence-corrected chi connectivity index (χ2v) is 8.29. The summed E-state index contributed by atoms with van der Waals surface area (Å²) in [5.74, 6) is 2.41. The molecule has 24 heavy (non-hydrogen) atoms. The van der Waals surface area contributed by atoms with Crippen molar-refractivity contribution in [3.8, 4) is 5.75 Å². The molecule has 3 atom stereocenters. The van der Waals surface area contributed by atoms with Crippen LogP contribution in [0.5, 0.6) is 5.75 Å². The van der Waals surface area contributed by atoms with Crippen LogP contribution in [0.15, 0.2) is 29.2 Å². The monoisotopic (exact) mass is 353 g/mol. The van der Waals surface area contributed by atoms with E-state index in [1.165, 1.54) is 49.9 Å². The lowest BCUT2D eigenvalue weighted by molar-refractivity contribution is -0.145. The number of ether oxygens (including phenoxy) is 2. The molecule has 2 N–H and O–H groups in total. The molecule has 2 saturated carbocycles. The number of primary sulfonamides is 1. The average molecular weight is 353 g/mol. The van der Waals surface area contributed by atoms with E-state index in [9.17, 15) is 13.2 Å². The Bertz CT molecular complexity index is 685. The number of sulfonamides is 1. The topological polar surface area (TPSA) is 95.7 Å². The normalized spacial score (nSPS) is 25.6. The maximum absolute atomic E-state index is 11.9. The summed E-state index contributed by atoms with van der Waals surface area (Å²) in [6.45, 7) is 0.424. The maximum Gasteiger partial charge on any atom is 0.306 e. The highest BCUT2D eigenvalue weighted by molar-refractivity contribution is 7.89. The Kier molecular flexibility index (Phi) is 5.10. The third-order valence-corrected chi connectivity index (χ3v) is 6.01. The molecule has 0 aromatic heterocycles. The molecular weight excluding hydrogens is 330 g/mol. The third kappa shape index (κ3) is 4.27. The van der Waals surface area contributed by atoms with Crippen molar-refractivity contribution in [1.29, 1.82) is 0 Å². The van der Waals surface area contributed by atoms with Crippen LogP contribution in [0.25, 0.3) is 0 Å². The molecule has 1 aromatic rings. The lowest BCUT2D eigenvalue weighted by atomic mass is 9.86. The zero-order chi connectivity index (χ0) is 17.2. The molecule has 2 aliphatic carbocycles. The van der Waals surface area contributed by atoms with Crippen LogP contribution in [-0.4, -0.2) is 27.6 Å². The van der Waals surface area contributed by atoms with Crippen molar-refractivity contribution in [2.45, 2.75) is 37.0 Å². The zero-order valence-corrected chi connectivity index (χ0v) is 14.3. The summed E-state index contributed by atoms with van der Waals surface area (Å²) in [4.78, 5) is 11.9. The fourth-order valence-corrected chi connectivity index (χ4v) is 4.46. The molecular formula is C17H23NO5S.